The molecule has 7 heteroatoms. The lowest BCUT2D eigenvalue weighted by Gasteiger charge is -2.13. The number of rotatable bonds is 3. The van der Waals surface area contributed by atoms with Crippen molar-refractivity contribution in [1.82, 2.24) is 9.55 Å². The van der Waals surface area contributed by atoms with Gasteiger partial charge in [-0.25, -0.2) is 4.98 Å². The standard InChI is InChI=1S/C35H16N6S/c36-17-21-5-9-29-30-10-6-22(18-37)12-33(30)41(32(29)11-21)28-15-25(23-7-8-24(19-38)27(13-23)20-39)14-26(16-28)35-40-31-3-1-2-4-34(31)42-35/h1-16H. The zero-order valence-corrected chi connectivity index (χ0v) is 22.6. The minimum atomic E-state index is 0.302. The van der Waals surface area contributed by atoms with Crippen molar-refractivity contribution in [2.75, 3.05) is 0 Å². The quantitative estimate of drug-likeness (QED) is 0.219. The molecule has 0 atom stereocenters. The molecule has 7 rings (SSSR count). The van der Waals surface area contributed by atoms with Gasteiger partial charge in [-0.1, -0.05) is 30.3 Å². The molecule has 0 radical (unpaired) electrons. The molecular formula is C35H16N6S. The average Bonchev–Trinajstić information content (AvgIpc) is 3.62. The second-order valence-corrected chi connectivity index (χ2v) is 10.8. The monoisotopic (exact) mass is 552 g/mol. The molecule has 192 valence electrons. The fraction of sp³-hybridized carbons (Fsp3) is 0. The van der Waals surface area contributed by atoms with Gasteiger partial charge in [0.25, 0.3) is 0 Å². The van der Waals surface area contributed by atoms with E-state index in [1.165, 1.54) is 0 Å². The molecule has 0 unspecified atom stereocenters. The molecule has 0 bridgehead atoms. The molecule has 0 aliphatic carbocycles. The lowest BCUT2D eigenvalue weighted by molar-refractivity contribution is 1.18. The van der Waals surface area contributed by atoms with Crippen LogP contribution in [-0.4, -0.2) is 9.55 Å². The Kier molecular flexibility index (Phi) is 5.74. The largest absolute Gasteiger partial charge is 0.309 e. The van der Waals surface area contributed by atoms with E-state index in [1.54, 1.807) is 35.6 Å². The van der Waals surface area contributed by atoms with E-state index in [4.69, 9.17) is 4.98 Å². The van der Waals surface area contributed by atoms with Gasteiger partial charge in [-0.3, -0.25) is 0 Å². The number of benzene rings is 5. The highest BCUT2D eigenvalue weighted by Gasteiger charge is 2.17. The highest BCUT2D eigenvalue weighted by molar-refractivity contribution is 7.21. The highest BCUT2D eigenvalue weighted by Crippen LogP contribution is 2.38. The van der Waals surface area contributed by atoms with Gasteiger partial charge in [0.15, 0.2) is 0 Å². The van der Waals surface area contributed by atoms with Crippen LogP contribution in [0.25, 0.3) is 59.4 Å². The van der Waals surface area contributed by atoms with Gasteiger partial charge in [0.05, 0.1) is 55.6 Å². The van der Waals surface area contributed by atoms with Gasteiger partial charge in [0, 0.05) is 22.0 Å². The van der Waals surface area contributed by atoms with E-state index >= 15 is 0 Å². The first-order valence-corrected chi connectivity index (χ1v) is 13.8. The van der Waals surface area contributed by atoms with Gasteiger partial charge >= 0.3 is 0 Å². The van der Waals surface area contributed by atoms with Crippen LogP contribution in [0.1, 0.15) is 22.3 Å². The molecule has 0 N–H and O–H groups in total. The Morgan fingerprint density at radius 2 is 1.24 bits per heavy atom. The van der Waals surface area contributed by atoms with Crippen LogP contribution in [0.3, 0.4) is 0 Å². The molecule has 0 aliphatic rings. The predicted molar refractivity (Wildman–Crippen MR) is 164 cm³/mol. The Labute approximate surface area is 244 Å². The maximum Gasteiger partial charge on any atom is 0.124 e. The minimum absolute atomic E-state index is 0.302. The van der Waals surface area contributed by atoms with E-state index in [9.17, 15) is 21.0 Å². The van der Waals surface area contributed by atoms with Crippen molar-refractivity contribution in [1.29, 1.82) is 21.0 Å². The number of thiazole rings is 1. The van der Waals surface area contributed by atoms with E-state index in [0.717, 1.165) is 59.4 Å². The van der Waals surface area contributed by atoms with Crippen LogP contribution in [0, 0.1) is 45.3 Å². The van der Waals surface area contributed by atoms with Crippen molar-refractivity contribution in [3.05, 3.63) is 119 Å². The first-order valence-electron chi connectivity index (χ1n) is 12.9. The number of nitrogens with zero attached hydrogens (tertiary/aromatic N) is 6. The molecule has 0 amide bonds. The van der Waals surface area contributed by atoms with E-state index < -0.39 is 0 Å². The summed E-state index contributed by atoms with van der Waals surface area (Å²) in [7, 11) is 0. The summed E-state index contributed by atoms with van der Waals surface area (Å²) in [5, 5.41) is 41.4. The molecule has 0 spiro atoms. The smallest absolute Gasteiger partial charge is 0.124 e. The number of nitriles is 4. The molecule has 0 fully saturated rings. The number of para-hydroxylation sites is 1. The molecule has 2 heterocycles. The maximum atomic E-state index is 9.71. The number of hydrogen-bond donors (Lipinski definition) is 0. The van der Waals surface area contributed by atoms with Crippen molar-refractivity contribution < 1.29 is 0 Å². The summed E-state index contributed by atoms with van der Waals surface area (Å²) >= 11 is 1.59. The summed E-state index contributed by atoms with van der Waals surface area (Å²) in [6, 6.07) is 39.3. The van der Waals surface area contributed by atoms with Crippen LogP contribution in [0.4, 0.5) is 0 Å². The third kappa shape index (κ3) is 3.95. The predicted octanol–water partition coefficient (Wildman–Crippen LogP) is 8.21. The van der Waals surface area contributed by atoms with Crippen molar-refractivity contribution in [3.63, 3.8) is 0 Å². The molecule has 0 aliphatic heterocycles. The molecule has 0 saturated heterocycles. The molecule has 2 aromatic heterocycles. The van der Waals surface area contributed by atoms with Gasteiger partial charge < -0.3 is 4.57 Å². The number of aromatic nitrogens is 2. The van der Waals surface area contributed by atoms with Gasteiger partial charge in [0.1, 0.15) is 17.1 Å². The average molecular weight is 553 g/mol. The summed E-state index contributed by atoms with van der Waals surface area (Å²) in [4.78, 5) is 4.91. The SMILES string of the molecule is N#Cc1ccc2c3ccc(C#N)cc3n(-c3cc(-c4ccc(C#N)c(C#N)c4)cc(-c4nc5ccccc5s4)c3)c2c1. The fourth-order valence-electron chi connectivity index (χ4n) is 5.38. The minimum Gasteiger partial charge on any atom is -0.309 e. The lowest BCUT2D eigenvalue weighted by atomic mass is 9.98. The molecule has 5 aromatic carbocycles. The Balaban J connectivity index is 1.57. The second-order valence-electron chi connectivity index (χ2n) is 9.76. The normalized spacial score (nSPS) is 10.8. The molecule has 6 nitrogen and oxygen atoms in total. The second kappa shape index (κ2) is 9.74. The highest BCUT2D eigenvalue weighted by atomic mass is 32.1. The first kappa shape index (κ1) is 24.8. The van der Waals surface area contributed by atoms with Gasteiger partial charge in [-0.2, -0.15) is 21.0 Å². The summed E-state index contributed by atoms with van der Waals surface area (Å²) in [6.45, 7) is 0. The summed E-state index contributed by atoms with van der Waals surface area (Å²) in [6.07, 6.45) is 0. The maximum absolute atomic E-state index is 9.71. The van der Waals surface area contributed by atoms with Gasteiger partial charge in [0.2, 0.25) is 0 Å². The molecular weight excluding hydrogens is 536 g/mol. The Morgan fingerprint density at radius 3 is 1.88 bits per heavy atom. The van der Waals surface area contributed by atoms with Crippen molar-refractivity contribution in [2.24, 2.45) is 0 Å². The van der Waals surface area contributed by atoms with Crippen LogP contribution in [0.5, 0.6) is 0 Å². The Bertz CT molecular complexity index is 2310. The Hall–Kier alpha value is -6.25. The topological polar surface area (TPSA) is 113 Å². The Morgan fingerprint density at radius 1 is 0.571 bits per heavy atom. The van der Waals surface area contributed by atoms with E-state index in [1.807, 2.05) is 66.7 Å². The zero-order chi connectivity index (χ0) is 28.8. The zero-order valence-electron chi connectivity index (χ0n) is 21.8. The first-order chi connectivity index (χ1) is 20.6. The van der Waals surface area contributed by atoms with Crippen molar-refractivity contribution >= 4 is 43.4 Å². The molecule has 42 heavy (non-hydrogen) atoms. The van der Waals surface area contributed by atoms with Crippen LogP contribution >= 0.6 is 11.3 Å². The lowest BCUT2D eigenvalue weighted by Crippen LogP contribution is -1.97. The number of hydrogen-bond acceptors (Lipinski definition) is 6. The van der Waals surface area contributed by atoms with E-state index in [0.29, 0.717) is 22.3 Å². The van der Waals surface area contributed by atoms with Crippen molar-refractivity contribution in [2.45, 2.75) is 0 Å². The van der Waals surface area contributed by atoms with Crippen molar-refractivity contribution in [3.8, 4) is 51.7 Å². The van der Waals surface area contributed by atoms with Gasteiger partial charge in [-0.15, -0.1) is 11.3 Å². The van der Waals surface area contributed by atoms with E-state index in [-0.39, 0.29) is 0 Å². The fourth-order valence-corrected chi connectivity index (χ4v) is 6.33. The van der Waals surface area contributed by atoms with Crippen LogP contribution < -0.4 is 0 Å². The molecule has 0 saturated carbocycles. The van der Waals surface area contributed by atoms with Crippen LogP contribution in [0.15, 0.2) is 97.1 Å². The summed E-state index contributed by atoms with van der Waals surface area (Å²) in [5.74, 6) is 0. The summed E-state index contributed by atoms with van der Waals surface area (Å²) in [5.41, 5.74) is 7.58. The third-order valence-corrected chi connectivity index (χ3v) is 8.42. The summed E-state index contributed by atoms with van der Waals surface area (Å²) < 4.78 is 3.14. The van der Waals surface area contributed by atoms with E-state index in [2.05, 4.69) is 34.9 Å². The number of fused-ring (bicyclic) bond motifs is 4. The third-order valence-electron chi connectivity index (χ3n) is 7.34. The van der Waals surface area contributed by atoms with Gasteiger partial charge in [-0.05, 0) is 77.9 Å². The van der Waals surface area contributed by atoms with Crippen LogP contribution in [0.2, 0.25) is 0 Å². The van der Waals surface area contributed by atoms with Crippen LogP contribution in [-0.2, 0) is 0 Å². The molecule has 7 aromatic rings.